The predicted octanol–water partition coefficient (Wildman–Crippen LogP) is 2.67. The van der Waals surface area contributed by atoms with Crippen LogP contribution >= 0.6 is 0 Å². The van der Waals surface area contributed by atoms with Gasteiger partial charge in [0.15, 0.2) is 0 Å². The molecule has 0 aliphatic carbocycles. The summed E-state index contributed by atoms with van der Waals surface area (Å²) in [6.45, 7) is 7.93. The molecule has 112 valence electrons. The molecule has 3 nitrogen and oxygen atoms in total. The van der Waals surface area contributed by atoms with Crippen LogP contribution in [0, 0.1) is 5.82 Å². The van der Waals surface area contributed by atoms with Crippen molar-refractivity contribution in [3.05, 3.63) is 29.6 Å². The molecule has 1 fully saturated rings. The molecular weight excluding hydrogens is 255 g/mol. The van der Waals surface area contributed by atoms with E-state index in [1.165, 1.54) is 0 Å². The van der Waals surface area contributed by atoms with Gasteiger partial charge in [0.2, 0.25) is 0 Å². The quantitative estimate of drug-likeness (QED) is 0.890. The fourth-order valence-electron chi connectivity index (χ4n) is 2.66. The number of β-amino-alcohol motifs (C(OH)–C–C–N with tert-alkyl or cyclic N) is 1. The van der Waals surface area contributed by atoms with Crippen LogP contribution in [0.1, 0.15) is 39.2 Å². The van der Waals surface area contributed by atoms with Crippen molar-refractivity contribution < 1.29 is 9.50 Å². The number of hydrogen-bond acceptors (Lipinski definition) is 3. The average Bonchev–Trinajstić information content (AvgIpc) is 2.35. The van der Waals surface area contributed by atoms with Gasteiger partial charge < -0.3 is 15.3 Å². The molecule has 0 spiro atoms. The number of benzene rings is 1. The molecule has 20 heavy (non-hydrogen) atoms. The predicted molar refractivity (Wildman–Crippen MR) is 80.4 cm³/mol. The SMILES string of the molecule is CC(C)NCc1ccc(N2CCCC(C)(O)C2)c(F)c1. The van der Waals surface area contributed by atoms with Crippen molar-refractivity contribution in [1.29, 1.82) is 0 Å². The Morgan fingerprint density at radius 1 is 1.45 bits per heavy atom. The van der Waals surface area contributed by atoms with E-state index in [1.54, 1.807) is 6.07 Å². The highest BCUT2D eigenvalue weighted by molar-refractivity contribution is 5.50. The molecular formula is C16H25FN2O. The van der Waals surface area contributed by atoms with Gasteiger partial charge in [-0.3, -0.25) is 0 Å². The summed E-state index contributed by atoms with van der Waals surface area (Å²) in [6, 6.07) is 5.76. The lowest BCUT2D eigenvalue weighted by Crippen LogP contribution is -2.46. The maximum atomic E-state index is 14.3. The molecule has 1 aromatic carbocycles. The van der Waals surface area contributed by atoms with Crippen LogP contribution in [0.15, 0.2) is 18.2 Å². The first-order valence-corrected chi connectivity index (χ1v) is 7.36. The fraction of sp³-hybridized carbons (Fsp3) is 0.625. The van der Waals surface area contributed by atoms with E-state index in [2.05, 4.69) is 19.2 Å². The maximum absolute atomic E-state index is 14.3. The highest BCUT2D eigenvalue weighted by atomic mass is 19.1. The van der Waals surface area contributed by atoms with Crippen LogP contribution in [0.25, 0.3) is 0 Å². The van der Waals surface area contributed by atoms with Crippen molar-refractivity contribution >= 4 is 5.69 Å². The summed E-state index contributed by atoms with van der Waals surface area (Å²) in [4.78, 5) is 1.94. The lowest BCUT2D eigenvalue weighted by Gasteiger charge is -2.38. The molecule has 1 unspecified atom stereocenters. The van der Waals surface area contributed by atoms with Crippen LogP contribution in [-0.2, 0) is 6.54 Å². The standard InChI is InChI=1S/C16H25FN2O/c1-12(2)18-10-13-5-6-15(14(17)9-13)19-8-4-7-16(3,20)11-19/h5-6,9,12,18,20H,4,7-8,10-11H2,1-3H3. The third-order valence-corrected chi connectivity index (χ3v) is 3.74. The zero-order valence-corrected chi connectivity index (χ0v) is 12.6. The van der Waals surface area contributed by atoms with Crippen LogP contribution < -0.4 is 10.2 Å². The molecule has 1 aliphatic heterocycles. The number of hydrogen-bond donors (Lipinski definition) is 2. The molecule has 0 amide bonds. The highest BCUT2D eigenvalue weighted by Crippen LogP contribution is 2.28. The number of piperidine rings is 1. The zero-order valence-electron chi connectivity index (χ0n) is 12.6. The molecule has 1 heterocycles. The normalized spacial score (nSPS) is 23.4. The monoisotopic (exact) mass is 280 g/mol. The summed E-state index contributed by atoms with van der Waals surface area (Å²) in [5, 5.41) is 13.4. The van der Waals surface area contributed by atoms with E-state index in [1.807, 2.05) is 24.0 Å². The number of nitrogens with zero attached hydrogens (tertiary/aromatic N) is 1. The minimum atomic E-state index is -0.720. The lowest BCUT2D eigenvalue weighted by molar-refractivity contribution is 0.0447. The molecule has 0 saturated carbocycles. The van der Waals surface area contributed by atoms with Gasteiger partial charge in [-0.05, 0) is 37.5 Å². The number of rotatable bonds is 4. The third kappa shape index (κ3) is 3.93. The summed E-state index contributed by atoms with van der Waals surface area (Å²) >= 11 is 0. The molecule has 0 bridgehead atoms. The van der Waals surface area contributed by atoms with E-state index in [0.29, 0.717) is 24.8 Å². The van der Waals surface area contributed by atoms with Crippen molar-refractivity contribution in [1.82, 2.24) is 5.32 Å². The van der Waals surface area contributed by atoms with Gasteiger partial charge in [-0.1, -0.05) is 19.9 Å². The smallest absolute Gasteiger partial charge is 0.146 e. The fourth-order valence-corrected chi connectivity index (χ4v) is 2.66. The molecule has 1 aliphatic rings. The van der Waals surface area contributed by atoms with Crippen LogP contribution in [0.3, 0.4) is 0 Å². The van der Waals surface area contributed by atoms with E-state index in [0.717, 1.165) is 24.9 Å². The number of aliphatic hydroxyl groups is 1. The van der Waals surface area contributed by atoms with Crippen molar-refractivity contribution in [3.63, 3.8) is 0 Å². The summed E-state index contributed by atoms with van der Waals surface area (Å²) in [6.07, 6.45) is 1.67. The molecule has 1 saturated heterocycles. The first kappa shape index (κ1) is 15.3. The maximum Gasteiger partial charge on any atom is 0.146 e. The molecule has 1 aromatic rings. The van der Waals surface area contributed by atoms with Gasteiger partial charge in [0.1, 0.15) is 5.82 Å². The largest absolute Gasteiger partial charge is 0.388 e. The number of anilines is 1. The van der Waals surface area contributed by atoms with Gasteiger partial charge in [0.05, 0.1) is 11.3 Å². The Hall–Kier alpha value is -1.13. The van der Waals surface area contributed by atoms with Gasteiger partial charge in [0, 0.05) is 25.7 Å². The van der Waals surface area contributed by atoms with Crippen molar-refractivity contribution in [2.24, 2.45) is 0 Å². The van der Waals surface area contributed by atoms with E-state index < -0.39 is 5.60 Å². The second-order valence-electron chi connectivity index (χ2n) is 6.34. The highest BCUT2D eigenvalue weighted by Gasteiger charge is 2.29. The Morgan fingerprint density at radius 3 is 2.80 bits per heavy atom. The summed E-state index contributed by atoms with van der Waals surface area (Å²) in [7, 11) is 0. The van der Waals surface area contributed by atoms with E-state index in [9.17, 15) is 9.50 Å². The molecule has 4 heteroatoms. The van der Waals surface area contributed by atoms with Crippen molar-refractivity contribution in [2.75, 3.05) is 18.0 Å². The molecule has 2 N–H and O–H groups in total. The molecule has 0 aromatic heterocycles. The van der Waals surface area contributed by atoms with Crippen molar-refractivity contribution in [2.45, 2.75) is 51.8 Å². The Morgan fingerprint density at radius 2 is 2.20 bits per heavy atom. The van der Waals surface area contributed by atoms with Crippen LogP contribution in [0.2, 0.25) is 0 Å². The average molecular weight is 280 g/mol. The molecule has 1 atom stereocenters. The van der Waals surface area contributed by atoms with Gasteiger partial charge in [0.25, 0.3) is 0 Å². The van der Waals surface area contributed by atoms with Gasteiger partial charge in [-0.25, -0.2) is 4.39 Å². The summed E-state index contributed by atoms with van der Waals surface area (Å²) in [5.74, 6) is -0.203. The molecule has 2 rings (SSSR count). The van der Waals surface area contributed by atoms with Crippen LogP contribution in [-0.4, -0.2) is 29.8 Å². The van der Waals surface area contributed by atoms with E-state index >= 15 is 0 Å². The van der Waals surface area contributed by atoms with Crippen molar-refractivity contribution in [3.8, 4) is 0 Å². The zero-order chi connectivity index (χ0) is 14.8. The van der Waals surface area contributed by atoms with Gasteiger partial charge in [-0.15, -0.1) is 0 Å². The topological polar surface area (TPSA) is 35.5 Å². The van der Waals surface area contributed by atoms with Crippen LogP contribution in [0.5, 0.6) is 0 Å². The second kappa shape index (κ2) is 6.10. The number of nitrogens with one attached hydrogen (secondary N) is 1. The van der Waals surface area contributed by atoms with Gasteiger partial charge in [-0.2, -0.15) is 0 Å². The minimum absolute atomic E-state index is 0.203. The second-order valence-corrected chi connectivity index (χ2v) is 6.34. The Bertz CT molecular complexity index is 460. The molecule has 0 radical (unpaired) electrons. The van der Waals surface area contributed by atoms with Gasteiger partial charge >= 0.3 is 0 Å². The summed E-state index contributed by atoms with van der Waals surface area (Å²) < 4.78 is 14.3. The van der Waals surface area contributed by atoms with E-state index in [4.69, 9.17) is 0 Å². The number of halogens is 1. The lowest BCUT2D eigenvalue weighted by atomic mass is 9.94. The summed E-state index contributed by atoms with van der Waals surface area (Å²) in [5.41, 5.74) is 0.824. The third-order valence-electron chi connectivity index (χ3n) is 3.74. The van der Waals surface area contributed by atoms with E-state index in [-0.39, 0.29) is 5.82 Å². The first-order valence-electron chi connectivity index (χ1n) is 7.36. The Labute approximate surface area is 120 Å². The van der Waals surface area contributed by atoms with Crippen LogP contribution in [0.4, 0.5) is 10.1 Å². The Balaban J connectivity index is 2.09. The minimum Gasteiger partial charge on any atom is -0.388 e. The Kier molecular flexibility index (Phi) is 4.66. The first-order chi connectivity index (χ1) is 9.37.